The summed E-state index contributed by atoms with van der Waals surface area (Å²) in [5.41, 5.74) is 0.560. The Kier molecular flexibility index (Phi) is 5.85. The van der Waals surface area contributed by atoms with Gasteiger partial charge in [-0.05, 0) is 44.6 Å². The van der Waals surface area contributed by atoms with Crippen molar-refractivity contribution in [2.45, 2.75) is 75.3 Å². The Morgan fingerprint density at radius 3 is 2.66 bits per heavy atom. The van der Waals surface area contributed by atoms with Gasteiger partial charge in [-0.3, -0.25) is 0 Å². The summed E-state index contributed by atoms with van der Waals surface area (Å²) in [6.45, 7) is 2.23. The second kappa shape index (κ2) is 8.53. The van der Waals surface area contributed by atoms with E-state index < -0.39 is 11.6 Å². The molecule has 1 heterocycles. The van der Waals surface area contributed by atoms with E-state index in [0.29, 0.717) is 30.6 Å². The Labute approximate surface area is 171 Å². The van der Waals surface area contributed by atoms with Gasteiger partial charge in [0.05, 0.1) is 6.10 Å². The van der Waals surface area contributed by atoms with Crippen LogP contribution in [-0.4, -0.2) is 33.9 Å². The first-order chi connectivity index (χ1) is 14.1. The highest BCUT2D eigenvalue weighted by Crippen LogP contribution is 2.42. The number of rotatable bonds is 8. The number of aromatic nitrogens is 2. The Morgan fingerprint density at radius 2 is 2.00 bits per heavy atom. The highest BCUT2D eigenvalue weighted by molar-refractivity contribution is 5.75. The van der Waals surface area contributed by atoms with Crippen molar-refractivity contribution in [1.82, 2.24) is 20.8 Å². The van der Waals surface area contributed by atoms with Crippen LogP contribution in [0.3, 0.4) is 0 Å². The molecule has 0 spiro atoms. The van der Waals surface area contributed by atoms with E-state index in [2.05, 4.69) is 20.8 Å². The molecule has 7 nitrogen and oxygen atoms in total. The van der Waals surface area contributed by atoms with Crippen LogP contribution in [0.1, 0.15) is 81.0 Å². The lowest BCUT2D eigenvalue weighted by Gasteiger charge is -2.27. The summed E-state index contributed by atoms with van der Waals surface area (Å²) in [7, 11) is 0. The average Bonchev–Trinajstić information content (AvgIpc) is 3.24. The first kappa shape index (κ1) is 19.9. The van der Waals surface area contributed by atoms with Gasteiger partial charge in [-0.1, -0.05) is 48.3 Å². The molecule has 2 aromatic rings. The molecular weight excluding hydrogens is 368 g/mol. The van der Waals surface area contributed by atoms with Crippen LogP contribution in [0.15, 0.2) is 34.9 Å². The minimum atomic E-state index is -0.548. The molecule has 2 atom stereocenters. The normalized spacial score (nSPS) is 20.2. The molecule has 2 amide bonds. The minimum absolute atomic E-state index is 0.0492. The topological polar surface area (TPSA) is 100 Å². The number of carbonyl (C=O) groups is 1. The maximum atomic E-state index is 12.8. The van der Waals surface area contributed by atoms with Gasteiger partial charge >= 0.3 is 6.03 Å². The number of hydrogen-bond donors (Lipinski definition) is 3. The molecule has 0 bridgehead atoms. The van der Waals surface area contributed by atoms with E-state index in [4.69, 9.17) is 4.52 Å². The van der Waals surface area contributed by atoms with Gasteiger partial charge in [-0.15, -0.1) is 0 Å². The molecule has 2 fully saturated rings. The Bertz CT molecular complexity index is 810. The molecule has 2 aliphatic carbocycles. The molecule has 2 aliphatic rings. The summed E-state index contributed by atoms with van der Waals surface area (Å²) in [6, 6.07) is 9.76. The van der Waals surface area contributed by atoms with Gasteiger partial charge in [0.2, 0.25) is 5.89 Å². The molecule has 3 N–H and O–H groups in total. The number of aliphatic hydroxyl groups is 1. The van der Waals surface area contributed by atoms with Crippen molar-refractivity contribution < 1.29 is 14.4 Å². The quantitative estimate of drug-likeness (QED) is 0.631. The van der Waals surface area contributed by atoms with E-state index in [-0.39, 0.29) is 11.9 Å². The Morgan fingerprint density at radius 1 is 1.28 bits per heavy atom. The zero-order valence-electron chi connectivity index (χ0n) is 16.9. The first-order valence-electron chi connectivity index (χ1n) is 10.7. The molecule has 29 heavy (non-hydrogen) atoms. The molecule has 0 aliphatic heterocycles. The fourth-order valence-electron chi connectivity index (χ4n) is 4.26. The van der Waals surface area contributed by atoms with E-state index in [1.807, 2.05) is 30.3 Å². The van der Waals surface area contributed by atoms with Crippen LogP contribution in [0, 0.1) is 0 Å². The third kappa shape index (κ3) is 4.78. The van der Waals surface area contributed by atoms with Crippen LogP contribution in [0.5, 0.6) is 0 Å². The Hall–Kier alpha value is -2.41. The van der Waals surface area contributed by atoms with Crippen LogP contribution in [0.4, 0.5) is 4.79 Å². The summed E-state index contributed by atoms with van der Waals surface area (Å²) in [4.78, 5) is 17.4. The molecule has 1 aromatic carbocycles. The van der Waals surface area contributed by atoms with E-state index in [1.165, 1.54) is 0 Å². The number of carbonyl (C=O) groups excluding carboxylic acids is 1. The standard InChI is InChI=1S/C22H30N4O3/c1-15(27)13-18(16-7-3-2-4-8-16)14-23-21(28)25-22(11-5-6-12-22)20-24-19(29-26-20)17-9-10-17/h2-4,7-8,15,17-18,27H,5-6,9-14H2,1H3,(H2,23,25,28)/t15-,18+/m1/s1. The number of nitrogens with zero attached hydrogens (tertiary/aromatic N) is 2. The summed E-state index contributed by atoms with van der Waals surface area (Å²) < 4.78 is 5.45. The van der Waals surface area contributed by atoms with Gasteiger partial charge in [-0.2, -0.15) is 4.98 Å². The SMILES string of the molecule is C[C@@H](O)C[C@@H](CNC(=O)NC1(c2noc(C3CC3)n2)CCCC1)c1ccccc1. The van der Waals surface area contributed by atoms with Gasteiger partial charge in [0, 0.05) is 18.4 Å². The lowest BCUT2D eigenvalue weighted by molar-refractivity contribution is 0.172. The minimum Gasteiger partial charge on any atom is -0.393 e. The lowest BCUT2D eigenvalue weighted by atomic mass is 9.93. The average molecular weight is 399 g/mol. The van der Waals surface area contributed by atoms with Gasteiger partial charge in [-0.25, -0.2) is 4.79 Å². The fraction of sp³-hybridized carbons (Fsp3) is 0.591. The number of urea groups is 1. The fourth-order valence-corrected chi connectivity index (χ4v) is 4.26. The Balaban J connectivity index is 1.41. The maximum absolute atomic E-state index is 12.8. The second-order valence-corrected chi connectivity index (χ2v) is 8.55. The van der Waals surface area contributed by atoms with Crippen LogP contribution in [0.25, 0.3) is 0 Å². The summed E-state index contributed by atoms with van der Waals surface area (Å²) in [5, 5.41) is 20.2. The molecule has 0 radical (unpaired) electrons. The first-order valence-corrected chi connectivity index (χ1v) is 10.7. The highest BCUT2D eigenvalue weighted by atomic mass is 16.5. The van der Waals surface area contributed by atoms with Crippen molar-refractivity contribution in [1.29, 1.82) is 0 Å². The smallest absolute Gasteiger partial charge is 0.315 e. The van der Waals surface area contributed by atoms with Gasteiger partial charge in [0.15, 0.2) is 5.82 Å². The number of aliphatic hydroxyl groups excluding tert-OH is 1. The van der Waals surface area contributed by atoms with Crippen molar-refractivity contribution in [2.24, 2.45) is 0 Å². The van der Waals surface area contributed by atoms with Crippen LogP contribution in [0.2, 0.25) is 0 Å². The molecule has 7 heteroatoms. The van der Waals surface area contributed by atoms with Crippen molar-refractivity contribution in [2.75, 3.05) is 6.54 Å². The van der Waals surface area contributed by atoms with Crippen molar-refractivity contribution in [3.63, 3.8) is 0 Å². The third-order valence-electron chi connectivity index (χ3n) is 6.01. The van der Waals surface area contributed by atoms with Crippen molar-refractivity contribution >= 4 is 6.03 Å². The maximum Gasteiger partial charge on any atom is 0.315 e. The second-order valence-electron chi connectivity index (χ2n) is 8.55. The van der Waals surface area contributed by atoms with Gasteiger partial charge in [0.25, 0.3) is 0 Å². The number of hydrogen-bond acceptors (Lipinski definition) is 5. The lowest BCUT2D eigenvalue weighted by Crippen LogP contribution is -2.49. The van der Waals surface area contributed by atoms with E-state index >= 15 is 0 Å². The van der Waals surface area contributed by atoms with Crippen molar-refractivity contribution in [3.05, 3.63) is 47.6 Å². The number of nitrogens with one attached hydrogen (secondary N) is 2. The van der Waals surface area contributed by atoms with E-state index in [0.717, 1.165) is 44.1 Å². The highest BCUT2D eigenvalue weighted by Gasteiger charge is 2.42. The van der Waals surface area contributed by atoms with Crippen LogP contribution < -0.4 is 10.6 Å². The monoisotopic (exact) mass is 398 g/mol. The van der Waals surface area contributed by atoms with E-state index in [1.54, 1.807) is 6.92 Å². The number of benzene rings is 1. The predicted molar refractivity (Wildman–Crippen MR) is 108 cm³/mol. The molecule has 0 unspecified atom stereocenters. The molecule has 0 saturated heterocycles. The third-order valence-corrected chi connectivity index (χ3v) is 6.01. The molecule has 4 rings (SSSR count). The van der Waals surface area contributed by atoms with E-state index in [9.17, 15) is 9.90 Å². The zero-order chi connectivity index (χ0) is 20.3. The summed E-state index contributed by atoms with van der Waals surface area (Å²) >= 11 is 0. The van der Waals surface area contributed by atoms with Crippen LogP contribution in [-0.2, 0) is 5.54 Å². The zero-order valence-corrected chi connectivity index (χ0v) is 16.9. The van der Waals surface area contributed by atoms with Gasteiger partial charge in [0.1, 0.15) is 5.54 Å². The predicted octanol–water partition coefficient (Wildman–Crippen LogP) is 3.57. The molecular formula is C22H30N4O3. The van der Waals surface area contributed by atoms with Crippen molar-refractivity contribution in [3.8, 4) is 0 Å². The largest absolute Gasteiger partial charge is 0.393 e. The molecule has 2 saturated carbocycles. The van der Waals surface area contributed by atoms with Gasteiger partial charge < -0.3 is 20.3 Å². The summed E-state index contributed by atoms with van der Waals surface area (Å²) in [5.74, 6) is 1.76. The molecule has 156 valence electrons. The van der Waals surface area contributed by atoms with Crippen LogP contribution >= 0.6 is 0 Å². The number of amides is 2. The summed E-state index contributed by atoms with van der Waals surface area (Å²) in [6.07, 6.45) is 6.06. The molecule has 1 aromatic heterocycles.